The fraction of sp³-hybridized carbons (Fsp3) is 0. The molecular formula is C54H34N2. The predicted molar refractivity (Wildman–Crippen MR) is 236 cm³/mol. The second kappa shape index (κ2) is 12.0. The largest absolute Gasteiger partial charge is 0.309 e. The maximum Gasteiger partial charge on any atom is 0.0619 e. The zero-order valence-electron chi connectivity index (χ0n) is 30.5. The lowest BCUT2D eigenvalue weighted by Crippen LogP contribution is -1.95. The molecule has 0 spiro atoms. The summed E-state index contributed by atoms with van der Waals surface area (Å²) in [6.07, 6.45) is 0. The van der Waals surface area contributed by atoms with Crippen molar-refractivity contribution in [3.63, 3.8) is 0 Å². The number of hydrogen-bond acceptors (Lipinski definition) is 0. The van der Waals surface area contributed by atoms with Gasteiger partial charge in [-0.3, -0.25) is 0 Å². The molecule has 2 aromatic heterocycles. The Morgan fingerprint density at radius 1 is 0.250 bits per heavy atom. The Morgan fingerprint density at radius 2 is 0.714 bits per heavy atom. The number of rotatable bonds is 4. The van der Waals surface area contributed by atoms with Gasteiger partial charge >= 0.3 is 0 Å². The summed E-state index contributed by atoms with van der Waals surface area (Å²) in [5.41, 5.74) is 19.7. The van der Waals surface area contributed by atoms with E-state index in [4.69, 9.17) is 0 Å². The smallest absolute Gasteiger partial charge is 0.0619 e. The van der Waals surface area contributed by atoms with Gasteiger partial charge < -0.3 is 9.13 Å². The van der Waals surface area contributed by atoms with Crippen LogP contribution in [0.2, 0.25) is 0 Å². The van der Waals surface area contributed by atoms with Gasteiger partial charge in [0, 0.05) is 38.4 Å². The van der Waals surface area contributed by atoms with E-state index in [1.807, 2.05) is 0 Å². The third-order valence-corrected chi connectivity index (χ3v) is 11.9. The summed E-state index contributed by atoms with van der Waals surface area (Å²) in [7, 11) is 0. The monoisotopic (exact) mass is 710 g/mol. The topological polar surface area (TPSA) is 9.86 Å². The van der Waals surface area contributed by atoms with Gasteiger partial charge in [0.15, 0.2) is 0 Å². The van der Waals surface area contributed by atoms with Gasteiger partial charge in [-0.1, -0.05) is 158 Å². The molecule has 0 fully saturated rings. The molecule has 0 amide bonds. The third kappa shape index (κ3) is 4.57. The molecule has 3 heterocycles. The van der Waals surface area contributed by atoms with E-state index in [2.05, 4.69) is 215 Å². The van der Waals surface area contributed by atoms with Crippen LogP contribution in [0.3, 0.4) is 0 Å². The van der Waals surface area contributed by atoms with Crippen LogP contribution >= 0.6 is 0 Å². The lowest BCUT2D eigenvalue weighted by atomic mass is 9.93. The first-order chi connectivity index (χ1) is 27.8. The molecule has 0 saturated carbocycles. The van der Waals surface area contributed by atoms with Crippen molar-refractivity contribution >= 4 is 43.6 Å². The average molecular weight is 711 g/mol. The van der Waals surface area contributed by atoms with Gasteiger partial charge in [-0.2, -0.15) is 0 Å². The Morgan fingerprint density at radius 3 is 1.43 bits per heavy atom. The highest BCUT2D eigenvalue weighted by molar-refractivity contribution is 6.17. The minimum Gasteiger partial charge on any atom is -0.309 e. The summed E-state index contributed by atoms with van der Waals surface area (Å²) in [6.45, 7) is 0. The number of benzene rings is 9. The second-order valence-corrected chi connectivity index (χ2v) is 14.9. The Labute approximate surface area is 324 Å². The maximum atomic E-state index is 2.49. The number of nitrogens with zero attached hydrogens (tertiary/aromatic N) is 2. The zero-order chi connectivity index (χ0) is 36.7. The summed E-state index contributed by atoms with van der Waals surface area (Å²) in [6, 6.07) is 75.7. The van der Waals surface area contributed by atoms with Gasteiger partial charge in [-0.15, -0.1) is 0 Å². The first-order valence-electron chi connectivity index (χ1n) is 19.3. The maximum absolute atomic E-state index is 2.49. The van der Waals surface area contributed by atoms with E-state index in [1.54, 1.807) is 0 Å². The molecule has 260 valence electrons. The highest BCUT2D eigenvalue weighted by atomic mass is 15.0. The lowest BCUT2D eigenvalue weighted by Gasteiger charge is -2.12. The van der Waals surface area contributed by atoms with Crippen LogP contribution in [0.15, 0.2) is 206 Å². The minimum atomic E-state index is 1.15. The molecule has 0 N–H and O–H groups in total. The fourth-order valence-electron chi connectivity index (χ4n) is 9.28. The molecule has 2 heteroatoms. The van der Waals surface area contributed by atoms with Gasteiger partial charge in [0.25, 0.3) is 0 Å². The van der Waals surface area contributed by atoms with Crippen LogP contribution in [0.4, 0.5) is 0 Å². The Balaban J connectivity index is 0.968. The molecular weight excluding hydrogens is 677 g/mol. The number of fused-ring (bicyclic) bond motifs is 11. The number of hydrogen-bond donors (Lipinski definition) is 0. The fourth-order valence-corrected chi connectivity index (χ4v) is 9.28. The third-order valence-electron chi connectivity index (χ3n) is 11.9. The van der Waals surface area contributed by atoms with Crippen molar-refractivity contribution in [1.82, 2.24) is 9.13 Å². The first kappa shape index (κ1) is 31.0. The zero-order valence-corrected chi connectivity index (χ0v) is 30.5. The van der Waals surface area contributed by atoms with Crippen molar-refractivity contribution in [3.05, 3.63) is 206 Å². The van der Waals surface area contributed by atoms with E-state index < -0.39 is 0 Å². The van der Waals surface area contributed by atoms with Crippen LogP contribution in [0, 0.1) is 0 Å². The summed E-state index contributed by atoms with van der Waals surface area (Å²) < 4.78 is 4.89. The summed E-state index contributed by atoms with van der Waals surface area (Å²) >= 11 is 0. The Hall–Kier alpha value is -7.42. The van der Waals surface area contributed by atoms with Crippen LogP contribution in [0.5, 0.6) is 0 Å². The van der Waals surface area contributed by atoms with Crippen molar-refractivity contribution in [2.75, 3.05) is 0 Å². The highest BCUT2D eigenvalue weighted by Gasteiger charge is 2.24. The molecule has 0 bridgehead atoms. The molecule has 1 aliphatic rings. The van der Waals surface area contributed by atoms with E-state index >= 15 is 0 Å². The molecule has 12 rings (SSSR count). The first-order valence-corrected chi connectivity index (χ1v) is 19.3. The van der Waals surface area contributed by atoms with Gasteiger partial charge in [-0.25, -0.2) is 0 Å². The Kier molecular flexibility index (Phi) is 6.66. The molecule has 2 nitrogen and oxygen atoms in total. The minimum absolute atomic E-state index is 1.15. The van der Waals surface area contributed by atoms with E-state index in [0.29, 0.717) is 0 Å². The van der Waals surface area contributed by atoms with Crippen LogP contribution in [0.25, 0.3) is 111 Å². The molecule has 0 aliphatic carbocycles. The van der Waals surface area contributed by atoms with Gasteiger partial charge in [0.05, 0.1) is 27.8 Å². The van der Waals surface area contributed by atoms with Gasteiger partial charge in [0.1, 0.15) is 0 Å². The average Bonchev–Trinajstić information content (AvgIpc) is 3.75. The molecule has 56 heavy (non-hydrogen) atoms. The van der Waals surface area contributed by atoms with Crippen molar-refractivity contribution in [2.24, 2.45) is 0 Å². The van der Waals surface area contributed by atoms with E-state index in [0.717, 1.165) is 5.69 Å². The normalized spacial score (nSPS) is 11.9. The van der Waals surface area contributed by atoms with Crippen LogP contribution < -0.4 is 0 Å². The summed E-state index contributed by atoms with van der Waals surface area (Å²) in [5, 5.41) is 5.05. The van der Waals surface area contributed by atoms with Crippen LogP contribution in [-0.4, -0.2) is 9.13 Å². The van der Waals surface area contributed by atoms with Crippen LogP contribution in [-0.2, 0) is 0 Å². The Bertz CT molecular complexity index is 3330. The molecule has 0 atom stereocenters. The van der Waals surface area contributed by atoms with E-state index in [-0.39, 0.29) is 0 Å². The van der Waals surface area contributed by atoms with Crippen molar-refractivity contribution in [3.8, 4) is 67.0 Å². The molecule has 0 unspecified atom stereocenters. The second-order valence-electron chi connectivity index (χ2n) is 14.9. The van der Waals surface area contributed by atoms with E-state index in [1.165, 1.54) is 105 Å². The standard InChI is InChI=1S/C54H34N2/c1-2-11-35(12-3-1)36-21-23-37(24-22-36)38-25-29-41(30-26-38)55-50-19-8-7-16-45(50)48-33-39(27-31-52(48)55)40-28-32-53-49(34-40)47-18-10-17-46-43-14-5-4-13-42(43)44-15-6-9-20-51(44)56(53)54(46)47/h1-34H. The molecule has 0 saturated heterocycles. The lowest BCUT2D eigenvalue weighted by molar-refractivity contribution is 1.18. The van der Waals surface area contributed by atoms with Crippen molar-refractivity contribution in [1.29, 1.82) is 0 Å². The quantitative estimate of drug-likeness (QED) is 0.172. The molecule has 9 aromatic carbocycles. The predicted octanol–water partition coefficient (Wildman–Crippen LogP) is 14.5. The molecule has 11 aromatic rings. The number of aromatic nitrogens is 2. The summed E-state index contributed by atoms with van der Waals surface area (Å²) in [4.78, 5) is 0. The summed E-state index contributed by atoms with van der Waals surface area (Å²) in [5.74, 6) is 0. The molecule has 0 radical (unpaired) electrons. The van der Waals surface area contributed by atoms with Gasteiger partial charge in [0.2, 0.25) is 0 Å². The van der Waals surface area contributed by atoms with Gasteiger partial charge in [-0.05, 0) is 93.0 Å². The van der Waals surface area contributed by atoms with Crippen molar-refractivity contribution in [2.45, 2.75) is 0 Å². The molecule has 1 aliphatic heterocycles. The SMILES string of the molecule is c1ccc(-c2ccc(-c3ccc(-n4c5ccccc5c5cc(-c6ccc7c(c6)c6cccc8c6n7-c6ccccc6-c6ccccc6-8)ccc54)cc3)cc2)cc1. The van der Waals surface area contributed by atoms with Crippen molar-refractivity contribution < 1.29 is 0 Å². The van der Waals surface area contributed by atoms with Crippen LogP contribution in [0.1, 0.15) is 0 Å². The number of para-hydroxylation sites is 3. The highest BCUT2D eigenvalue weighted by Crippen LogP contribution is 2.47. The van der Waals surface area contributed by atoms with E-state index in [9.17, 15) is 0 Å².